The minimum absolute atomic E-state index is 0.116. The summed E-state index contributed by atoms with van der Waals surface area (Å²) in [6.07, 6.45) is 6.32. The number of ether oxygens (including phenoxy) is 2. The number of esters is 1. The summed E-state index contributed by atoms with van der Waals surface area (Å²) in [5.41, 5.74) is 0.785. The van der Waals surface area contributed by atoms with Crippen LogP contribution in [0.2, 0.25) is 0 Å². The largest absolute Gasteiger partial charge is 0.465 e. The number of methoxy groups -OCH3 is 1. The van der Waals surface area contributed by atoms with Gasteiger partial charge in [0.25, 0.3) is 5.56 Å². The molecule has 0 bridgehead atoms. The molecule has 6 heteroatoms. The minimum Gasteiger partial charge on any atom is -0.465 e. The fourth-order valence-corrected chi connectivity index (χ4v) is 2.82. The Morgan fingerprint density at radius 1 is 1.45 bits per heavy atom. The van der Waals surface area contributed by atoms with E-state index >= 15 is 0 Å². The molecule has 2 heterocycles. The van der Waals surface area contributed by atoms with Crippen LogP contribution in [0.1, 0.15) is 47.6 Å². The maximum Gasteiger partial charge on any atom is 0.343 e. The van der Waals surface area contributed by atoms with Gasteiger partial charge in [0.2, 0.25) is 0 Å². The van der Waals surface area contributed by atoms with Crippen molar-refractivity contribution in [1.82, 2.24) is 9.88 Å². The van der Waals surface area contributed by atoms with Gasteiger partial charge in [0, 0.05) is 31.9 Å². The molecule has 22 heavy (non-hydrogen) atoms. The zero-order chi connectivity index (χ0) is 15.5. The molecule has 2 fully saturated rings. The predicted molar refractivity (Wildman–Crippen MR) is 81.0 cm³/mol. The molecular formula is C16H22N2O4. The van der Waals surface area contributed by atoms with Gasteiger partial charge in [0.15, 0.2) is 0 Å². The van der Waals surface area contributed by atoms with Crippen LogP contribution in [0.5, 0.6) is 0 Å². The number of rotatable bonds is 6. The number of hydrogen-bond donors (Lipinski definition) is 1. The summed E-state index contributed by atoms with van der Waals surface area (Å²) >= 11 is 0. The van der Waals surface area contributed by atoms with E-state index in [1.54, 1.807) is 10.6 Å². The van der Waals surface area contributed by atoms with Gasteiger partial charge in [-0.1, -0.05) is 0 Å². The number of carbonyl (C=O) groups excluding carboxylic acids is 1. The second kappa shape index (κ2) is 6.62. The molecule has 1 saturated carbocycles. The first-order chi connectivity index (χ1) is 10.7. The lowest BCUT2D eigenvalue weighted by molar-refractivity contribution is 0.0597. The molecule has 3 rings (SSSR count). The summed E-state index contributed by atoms with van der Waals surface area (Å²) in [7, 11) is 1.30. The fraction of sp³-hybridized carbons (Fsp3) is 0.625. The summed E-state index contributed by atoms with van der Waals surface area (Å²) in [5.74, 6) is -0.569. The SMILES string of the molecule is COC(=O)c1cc(CNCC2CCCO2)cn(C2CC2)c1=O. The number of nitrogens with zero attached hydrogens (tertiary/aromatic N) is 1. The Morgan fingerprint density at radius 3 is 2.91 bits per heavy atom. The van der Waals surface area contributed by atoms with E-state index in [1.807, 2.05) is 6.20 Å². The van der Waals surface area contributed by atoms with Crippen molar-refractivity contribution in [3.8, 4) is 0 Å². The number of carbonyl (C=O) groups is 1. The van der Waals surface area contributed by atoms with Crippen LogP contribution in [0.15, 0.2) is 17.1 Å². The van der Waals surface area contributed by atoms with E-state index in [1.165, 1.54) is 7.11 Å². The normalized spacial score (nSPS) is 21.0. The molecule has 1 saturated heterocycles. The predicted octanol–water partition coefficient (Wildman–Crippen LogP) is 1.24. The Bertz CT molecular complexity index is 601. The van der Waals surface area contributed by atoms with Crippen molar-refractivity contribution in [3.63, 3.8) is 0 Å². The molecule has 1 aliphatic heterocycles. The number of pyridine rings is 1. The summed E-state index contributed by atoms with van der Waals surface area (Å²) in [6, 6.07) is 1.87. The average molecular weight is 306 g/mol. The monoisotopic (exact) mass is 306 g/mol. The lowest BCUT2D eigenvalue weighted by Crippen LogP contribution is -2.29. The Labute approximate surface area is 129 Å². The summed E-state index contributed by atoms with van der Waals surface area (Å²) in [4.78, 5) is 24.1. The maximum atomic E-state index is 12.3. The highest BCUT2D eigenvalue weighted by atomic mass is 16.5. The molecule has 1 aliphatic carbocycles. The third-order valence-corrected chi connectivity index (χ3v) is 4.17. The Morgan fingerprint density at radius 2 is 2.27 bits per heavy atom. The second-order valence-corrected chi connectivity index (χ2v) is 5.96. The van der Waals surface area contributed by atoms with Crippen LogP contribution in [0.25, 0.3) is 0 Å². The van der Waals surface area contributed by atoms with Gasteiger partial charge in [0.1, 0.15) is 5.56 Å². The molecule has 120 valence electrons. The van der Waals surface area contributed by atoms with E-state index in [4.69, 9.17) is 9.47 Å². The smallest absolute Gasteiger partial charge is 0.343 e. The molecule has 6 nitrogen and oxygen atoms in total. The molecule has 1 aromatic heterocycles. The summed E-state index contributed by atoms with van der Waals surface area (Å²) in [6.45, 7) is 2.23. The van der Waals surface area contributed by atoms with E-state index in [-0.39, 0.29) is 23.3 Å². The first-order valence-corrected chi connectivity index (χ1v) is 7.84. The highest BCUT2D eigenvalue weighted by Gasteiger charge is 2.27. The van der Waals surface area contributed by atoms with E-state index in [0.717, 1.165) is 44.4 Å². The molecule has 0 spiro atoms. The zero-order valence-electron chi connectivity index (χ0n) is 12.8. The molecule has 2 aliphatic rings. The van der Waals surface area contributed by atoms with Crippen LogP contribution < -0.4 is 10.9 Å². The molecule has 0 radical (unpaired) electrons. The first kappa shape index (κ1) is 15.2. The molecule has 1 N–H and O–H groups in total. The number of aromatic nitrogens is 1. The van der Waals surface area contributed by atoms with Crippen molar-refractivity contribution in [3.05, 3.63) is 33.7 Å². The van der Waals surface area contributed by atoms with E-state index in [2.05, 4.69) is 5.32 Å². The molecule has 1 unspecified atom stereocenters. The molecule has 1 atom stereocenters. The Balaban J connectivity index is 1.73. The third-order valence-electron chi connectivity index (χ3n) is 4.17. The van der Waals surface area contributed by atoms with Crippen LogP contribution in [0.4, 0.5) is 0 Å². The van der Waals surface area contributed by atoms with Gasteiger partial charge in [-0.15, -0.1) is 0 Å². The van der Waals surface area contributed by atoms with Gasteiger partial charge in [-0.2, -0.15) is 0 Å². The lowest BCUT2D eigenvalue weighted by Gasteiger charge is -2.13. The van der Waals surface area contributed by atoms with E-state index in [9.17, 15) is 9.59 Å². The summed E-state index contributed by atoms with van der Waals surface area (Å²) < 4.78 is 12.0. The number of hydrogen-bond acceptors (Lipinski definition) is 5. The van der Waals surface area contributed by atoms with Crippen molar-refractivity contribution in [2.24, 2.45) is 0 Å². The van der Waals surface area contributed by atoms with Crippen molar-refractivity contribution in [2.75, 3.05) is 20.3 Å². The van der Waals surface area contributed by atoms with Crippen molar-refractivity contribution < 1.29 is 14.3 Å². The van der Waals surface area contributed by atoms with Crippen LogP contribution in [0, 0.1) is 0 Å². The van der Waals surface area contributed by atoms with Gasteiger partial charge >= 0.3 is 5.97 Å². The van der Waals surface area contributed by atoms with Gasteiger partial charge in [-0.25, -0.2) is 4.79 Å². The summed E-state index contributed by atoms with van der Waals surface area (Å²) in [5, 5.41) is 3.34. The van der Waals surface area contributed by atoms with Crippen LogP contribution in [-0.2, 0) is 16.0 Å². The van der Waals surface area contributed by atoms with Gasteiger partial charge < -0.3 is 19.4 Å². The quantitative estimate of drug-likeness (QED) is 0.801. The average Bonchev–Trinajstić information content (AvgIpc) is 3.24. The fourth-order valence-electron chi connectivity index (χ4n) is 2.82. The maximum absolute atomic E-state index is 12.3. The topological polar surface area (TPSA) is 69.6 Å². The van der Waals surface area contributed by atoms with Crippen molar-refractivity contribution >= 4 is 5.97 Å². The molecule has 0 amide bonds. The molecule has 1 aromatic rings. The third kappa shape index (κ3) is 3.39. The minimum atomic E-state index is -0.569. The van der Waals surface area contributed by atoms with Gasteiger partial charge in [-0.3, -0.25) is 4.79 Å². The molecule has 0 aromatic carbocycles. The standard InChI is InChI=1S/C16H22N2O4/c1-21-16(20)14-7-11(8-17-9-13-3-2-6-22-13)10-18(15(14)19)12-4-5-12/h7,10,12-13,17H,2-6,8-9H2,1H3. The molecular weight excluding hydrogens is 284 g/mol. The van der Waals surface area contributed by atoms with E-state index in [0.29, 0.717) is 6.54 Å². The lowest BCUT2D eigenvalue weighted by atomic mass is 10.2. The van der Waals surface area contributed by atoms with Gasteiger partial charge in [0.05, 0.1) is 13.2 Å². The highest BCUT2D eigenvalue weighted by Crippen LogP contribution is 2.33. The first-order valence-electron chi connectivity index (χ1n) is 7.84. The zero-order valence-corrected chi connectivity index (χ0v) is 12.8. The van der Waals surface area contributed by atoms with Crippen molar-refractivity contribution in [1.29, 1.82) is 0 Å². The Kier molecular flexibility index (Phi) is 4.59. The van der Waals surface area contributed by atoms with Gasteiger partial charge in [-0.05, 0) is 37.3 Å². The van der Waals surface area contributed by atoms with Crippen LogP contribution >= 0.6 is 0 Å². The van der Waals surface area contributed by atoms with Crippen LogP contribution in [0.3, 0.4) is 0 Å². The van der Waals surface area contributed by atoms with Crippen LogP contribution in [-0.4, -0.2) is 36.9 Å². The second-order valence-electron chi connectivity index (χ2n) is 5.96. The van der Waals surface area contributed by atoms with E-state index < -0.39 is 5.97 Å². The number of nitrogens with one attached hydrogen (secondary N) is 1. The highest BCUT2D eigenvalue weighted by molar-refractivity contribution is 5.89. The van der Waals surface area contributed by atoms with Crippen molar-refractivity contribution in [2.45, 2.75) is 44.4 Å². The Hall–Kier alpha value is -1.66.